The smallest absolute Gasteiger partial charge is 0.264 e. The van der Waals surface area contributed by atoms with Gasteiger partial charge in [-0.1, -0.05) is 0 Å². The summed E-state index contributed by atoms with van der Waals surface area (Å²) in [5.74, 6) is 2.24. The third kappa shape index (κ3) is 2.91. The van der Waals surface area contributed by atoms with Crippen molar-refractivity contribution in [2.45, 2.75) is 25.9 Å². The van der Waals surface area contributed by atoms with Gasteiger partial charge in [0.05, 0.1) is 6.26 Å². The summed E-state index contributed by atoms with van der Waals surface area (Å²) in [6, 6.07) is 0. The van der Waals surface area contributed by atoms with Crippen LogP contribution in [0.1, 0.15) is 19.8 Å². The van der Waals surface area contributed by atoms with E-state index in [-0.39, 0.29) is 18.6 Å². The number of hydrogen-bond acceptors (Lipinski definition) is 4. The molecule has 15 heavy (non-hydrogen) atoms. The van der Waals surface area contributed by atoms with Gasteiger partial charge in [0.25, 0.3) is 10.1 Å². The van der Waals surface area contributed by atoms with E-state index in [0.717, 1.165) is 6.26 Å². The highest BCUT2D eigenvalue weighted by Gasteiger charge is 2.31. The number of hydrogen-bond donors (Lipinski definition) is 0. The summed E-state index contributed by atoms with van der Waals surface area (Å²) in [5.41, 5.74) is 1.13. The molecule has 0 aliphatic heterocycles. The molecule has 0 spiro atoms. The van der Waals surface area contributed by atoms with Gasteiger partial charge in [-0.05, 0) is 12.5 Å². The van der Waals surface area contributed by atoms with Crippen LogP contribution in [0.5, 0.6) is 0 Å². The number of rotatable bonds is 3. The summed E-state index contributed by atoms with van der Waals surface area (Å²) in [6.07, 6.45) is 5.70. The molecule has 0 heterocycles. The van der Waals surface area contributed by atoms with E-state index in [2.05, 4.69) is 5.92 Å². The highest BCUT2D eigenvalue weighted by Crippen LogP contribution is 2.28. The van der Waals surface area contributed by atoms with Gasteiger partial charge in [0.2, 0.25) is 0 Å². The lowest BCUT2D eigenvalue weighted by atomic mass is 10.1. The standard InChI is InChI=1S/C10H12O4S/c1-4-5-8-7(2)10(6-9(8)11)14-15(3,12)13/h1,10H,5-6H2,2-3H3. The molecule has 1 unspecified atom stereocenters. The van der Waals surface area contributed by atoms with Crippen molar-refractivity contribution in [3.63, 3.8) is 0 Å². The molecule has 0 saturated heterocycles. The Morgan fingerprint density at radius 1 is 1.60 bits per heavy atom. The van der Waals surface area contributed by atoms with Gasteiger partial charge < -0.3 is 0 Å². The summed E-state index contributed by atoms with van der Waals surface area (Å²) in [7, 11) is -3.54. The van der Waals surface area contributed by atoms with Crippen LogP contribution in [0.25, 0.3) is 0 Å². The highest BCUT2D eigenvalue weighted by molar-refractivity contribution is 7.86. The van der Waals surface area contributed by atoms with E-state index < -0.39 is 16.2 Å². The van der Waals surface area contributed by atoms with Crippen molar-refractivity contribution in [1.82, 2.24) is 0 Å². The Morgan fingerprint density at radius 3 is 2.67 bits per heavy atom. The minimum absolute atomic E-state index is 0.0654. The molecule has 0 bridgehead atoms. The first-order chi connectivity index (χ1) is 6.85. The zero-order chi connectivity index (χ0) is 11.6. The number of ketones is 1. The predicted molar refractivity (Wildman–Crippen MR) is 55.5 cm³/mol. The van der Waals surface area contributed by atoms with Crippen LogP contribution in [0.3, 0.4) is 0 Å². The van der Waals surface area contributed by atoms with Crippen LogP contribution in [0.2, 0.25) is 0 Å². The Hall–Kier alpha value is -1.12. The predicted octanol–water partition coefficient (Wildman–Crippen LogP) is 0.644. The Labute approximate surface area is 89.4 Å². The molecule has 1 aliphatic rings. The average molecular weight is 228 g/mol. The Kier molecular flexibility index (Phi) is 3.32. The third-order valence-electron chi connectivity index (χ3n) is 2.24. The molecule has 0 N–H and O–H groups in total. The molecule has 1 aliphatic carbocycles. The van der Waals surface area contributed by atoms with Gasteiger partial charge in [-0.15, -0.1) is 12.3 Å². The fourth-order valence-electron chi connectivity index (χ4n) is 1.52. The summed E-state index contributed by atoms with van der Waals surface area (Å²) < 4.78 is 26.6. The average Bonchev–Trinajstić information content (AvgIpc) is 2.30. The van der Waals surface area contributed by atoms with Crippen LogP contribution in [0, 0.1) is 12.3 Å². The Morgan fingerprint density at radius 2 is 2.20 bits per heavy atom. The maximum Gasteiger partial charge on any atom is 0.264 e. The zero-order valence-electron chi connectivity index (χ0n) is 8.61. The van der Waals surface area contributed by atoms with Gasteiger partial charge in [0.1, 0.15) is 6.10 Å². The topological polar surface area (TPSA) is 60.4 Å². The molecule has 82 valence electrons. The van der Waals surface area contributed by atoms with Crippen molar-refractivity contribution in [3.8, 4) is 12.3 Å². The third-order valence-corrected chi connectivity index (χ3v) is 2.82. The lowest BCUT2D eigenvalue weighted by Gasteiger charge is -2.09. The molecule has 0 aromatic carbocycles. The van der Waals surface area contributed by atoms with Gasteiger partial charge in [-0.25, -0.2) is 0 Å². The highest BCUT2D eigenvalue weighted by atomic mass is 32.2. The summed E-state index contributed by atoms with van der Waals surface area (Å²) in [6.45, 7) is 1.67. The summed E-state index contributed by atoms with van der Waals surface area (Å²) >= 11 is 0. The monoisotopic (exact) mass is 228 g/mol. The second-order valence-corrected chi connectivity index (χ2v) is 5.06. The molecular formula is C10H12O4S. The fourth-order valence-corrected chi connectivity index (χ4v) is 2.15. The Bertz CT molecular complexity index is 450. The van der Waals surface area contributed by atoms with Crippen LogP contribution >= 0.6 is 0 Å². The number of carbonyl (C=O) groups is 1. The van der Waals surface area contributed by atoms with Crippen molar-refractivity contribution in [3.05, 3.63) is 11.1 Å². The number of allylic oxidation sites excluding steroid dienone is 1. The normalized spacial score (nSPS) is 21.9. The second-order valence-electron chi connectivity index (χ2n) is 3.46. The van der Waals surface area contributed by atoms with E-state index in [1.807, 2.05) is 0 Å². The maximum atomic E-state index is 11.4. The van der Waals surface area contributed by atoms with E-state index in [9.17, 15) is 13.2 Å². The molecule has 1 rings (SSSR count). The van der Waals surface area contributed by atoms with Gasteiger partial charge in [-0.3, -0.25) is 8.98 Å². The van der Waals surface area contributed by atoms with Crippen LogP contribution in [-0.4, -0.2) is 26.6 Å². The largest absolute Gasteiger partial charge is 0.294 e. The van der Waals surface area contributed by atoms with E-state index in [1.54, 1.807) is 6.92 Å². The molecule has 5 heteroatoms. The van der Waals surface area contributed by atoms with Gasteiger partial charge in [0, 0.05) is 18.4 Å². The van der Waals surface area contributed by atoms with Crippen LogP contribution < -0.4 is 0 Å². The van der Waals surface area contributed by atoms with Crippen molar-refractivity contribution in [1.29, 1.82) is 0 Å². The minimum atomic E-state index is -3.54. The van der Waals surface area contributed by atoms with Crippen molar-refractivity contribution in [2.75, 3.05) is 6.26 Å². The van der Waals surface area contributed by atoms with E-state index in [4.69, 9.17) is 10.6 Å². The molecule has 0 aromatic rings. The number of carbonyl (C=O) groups excluding carboxylic acids is 1. The van der Waals surface area contributed by atoms with E-state index >= 15 is 0 Å². The van der Waals surface area contributed by atoms with Crippen molar-refractivity contribution >= 4 is 15.9 Å². The molecule has 0 radical (unpaired) electrons. The first kappa shape index (κ1) is 12.0. The fraction of sp³-hybridized carbons (Fsp3) is 0.500. The zero-order valence-corrected chi connectivity index (χ0v) is 9.43. The lowest BCUT2D eigenvalue weighted by molar-refractivity contribution is -0.115. The maximum absolute atomic E-state index is 11.4. The van der Waals surface area contributed by atoms with Gasteiger partial charge in [0.15, 0.2) is 5.78 Å². The first-order valence-electron chi connectivity index (χ1n) is 4.39. The molecular weight excluding hydrogens is 216 g/mol. The molecule has 4 nitrogen and oxygen atoms in total. The molecule has 0 aromatic heterocycles. The van der Waals surface area contributed by atoms with E-state index in [1.165, 1.54) is 0 Å². The van der Waals surface area contributed by atoms with Crippen molar-refractivity contribution < 1.29 is 17.4 Å². The SMILES string of the molecule is C#CCC1=C(C)C(OS(C)(=O)=O)CC1=O. The Balaban J connectivity index is 2.91. The quantitative estimate of drug-likeness (QED) is 0.525. The van der Waals surface area contributed by atoms with E-state index in [0.29, 0.717) is 11.1 Å². The first-order valence-corrected chi connectivity index (χ1v) is 6.21. The van der Waals surface area contributed by atoms with Gasteiger partial charge in [-0.2, -0.15) is 8.42 Å². The van der Waals surface area contributed by atoms with Crippen LogP contribution in [-0.2, 0) is 19.1 Å². The molecule has 0 amide bonds. The van der Waals surface area contributed by atoms with Gasteiger partial charge >= 0.3 is 0 Å². The van der Waals surface area contributed by atoms with Crippen LogP contribution in [0.15, 0.2) is 11.1 Å². The lowest BCUT2D eigenvalue weighted by Crippen LogP contribution is -2.16. The molecule has 0 fully saturated rings. The van der Waals surface area contributed by atoms with Crippen LogP contribution in [0.4, 0.5) is 0 Å². The second kappa shape index (κ2) is 4.17. The number of terminal acetylenes is 1. The van der Waals surface area contributed by atoms with Crippen molar-refractivity contribution in [2.24, 2.45) is 0 Å². The summed E-state index contributed by atoms with van der Waals surface area (Å²) in [5, 5.41) is 0. The molecule has 0 saturated carbocycles. The minimum Gasteiger partial charge on any atom is -0.294 e. The molecule has 1 atom stereocenters. The summed E-state index contributed by atoms with van der Waals surface area (Å²) in [4.78, 5) is 11.4. The number of Topliss-reactive ketones (excluding diaryl/α,β-unsaturated/α-hetero) is 1.